The molecule has 5 rings (SSSR count). The zero-order valence-electron chi connectivity index (χ0n) is 21.2. The molecule has 188 valence electrons. The molecule has 0 aliphatic heterocycles. The van der Waals surface area contributed by atoms with Gasteiger partial charge in [-0.15, -0.1) is 0 Å². The number of pyridine rings is 1. The van der Waals surface area contributed by atoms with Crippen LogP contribution in [0.2, 0.25) is 0 Å². The van der Waals surface area contributed by atoms with Crippen molar-refractivity contribution in [3.63, 3.8) is 0 Å². The largest absolute Gasteiger partial charge is 0.493 e. The zero-order chi connectivity index (χ0) is 25.8. The van der Waals surface area contributed by atoms with Gasteiger partial charge in [-0.2, -0.15) is 5.10 Å². The summed E-state index contributed by atoms with van der Waals surface area (Å²) < 4.78 is 13.3. The summed E-state index contributed by atoms with van der Waals surface area (Å²) in [5.74, 6) is 1.24. The van der Waals surface area contributed by atoms with Gasteiger partial charge in [0.1, 0.15) is 6.61 Å². The van der Waals surface area contributed by atoms with Gasteiger partial charge in [0.05, 0.1) is 12.6 Å². The molecule has 0 aliphatic rings. The molecule has 5 aromatic rings. The van der Waals surface area contributed by atoms with Gasteiger partial charge >= 0.3 is 0 Å². The minimum atomic E-state index is -0.0264. The molecule has 8 nitrogen and oxygen atoms in total. The molecular weight excluding hydrogens is 466 g/mol. The second-order valence-electron chi connectivity index (χ2n) is 8.92. The Kier molecular flexibility index (Phi) is 6.98. The Morgan fingerprint density at radius 1 is 1.00 bits per heavy atom. The van der Waals surface area contributed by atoms with Crippen molar-refractivity contribution < 1.29 is 14.3 Å². The van der Waals surface area contributed by atoms with Crippen molar-refractivity contribution in [2.24, 2.45) is 0 Å². The van der Waals surface area contributed by atoms with E-state index in [1.807, 2.05) is 73.0 Å². The Labute approximate surface area is 215 Å². The van der Waals surface area contributed by atoms with Crippen molar-refractivity contribution in [1.82, 2.24) is 24.9 Å². The Balaban J connectivity index is 1.20. The first-order valence-corrected chi connectivity index (χ1v) is 12.2. The molecule has 8 heteroatoms. The number of aromatic nitrogens is 4. The van der Waals surface area contributed by atoms with Gasteiger partial charge in [-0.1, -0.05) is 18.2 Å². The smallest absolute Gasteiger partial charge is 0.220 e. The van der Waals surface area contributed by atoms with Crippen LogP contribution < -0.4 is 14.8 Å². The Bertz CT molecular complexity index is 1560. The van der Waals surface area contributed by atoms with Crippen molar-refractivity contribution in [3.8, 4) is 11.5 Å². The zero-order valence-corrected chi connectivity index (χ0v) is 21.2. The quantitative estimate of drug-likeness (QED) is 0.318. The van der Waals surface area contributed by atoms with E-state index < -0.39 is 0 Å². The summed E-state index contributed by atoms with van der Waals surface area (Å²) in [7, 11) is 1.61. The molecule has 0 fully saturated rings. The summed E-state index contributed by atoms with van der Waals surface area (Å²) in [6.07, 6.45) is 4.42. The fraction of sp³-hybridized carbons (Fsp3) is 0.241. The van der Waals surface area contributed by atoms with Crippen LogP contribution in [-0.4, -0.2) is 32.6 Å². The molecule has 3 aromatic heterocycles. The average Bonchev–Trinajstić information content (AvgIpc) is 3.30. The van der Waals surface area contributed by atoms with Crippen molar-refractivity contribution in [2.45, 2.75) is 39.8 Å². The van der Waals surface area contributed by atoms with Gasteiger partial charge in [0.2, 0.25) is 5.91 Å². The summed E-state index contributed by atoms with van der Waals surface area (Å²) in [6.45, 7) is 4.85. The number of hydrogen-bond donors (Lipinski definition) is 1. The second kappa shape index (κ2) is 10.7. The predicted octanol–water partition coefficient (Wildman–Crippen LogP) is 4.73. The standard InChI is InChI=1S/C29H29N5O3/c1-19-23(20(2)34-29(32-19)24-6-4-5-7-25(24)33-34)9-11-28(35)31-17-22-8-10-26(27(16-22)36-3)37-18-21-12-14-30-15-13-21/h4-8,10,12-16H,9,11,17-18H2,1-3H3,(H,31,35). The highest BCUT2D eigenvalue weighted by molar-refractivity contribution is 5.92. The lowest BCUT2D eigenvalue weighted by Crippen LogP contribution is -2.23. The van der Waals surface area contributed by atoms with E-state index in [0.717, 1.165) is 44.6 Å². The van der Waals surface area contributed by atoms with Gasteiger partial charge in [0.15, 0.2) is 17.1 Å². The average molecular weight is 496 g/mol. The van der Waals surface area contributed by atoms with Gasteiger partial charge in [0.25, 0.3) is 0 Å². The first-order valence-electron chi connectivity index (χ1n) is 12.2. The SMILES string of the molecule is COc1cc(CNC(=O)CCc2c(C)nc3c4ccccc4nn3c2C)ccc1OCc1ccncc1. The van der Waals surface area contributed by atoms with Gasteiger partial charge in [0, 0.05) is 42.1 Å². The van der Waals surface area contributed by atoms with Crippen LogP contribution in [0.4, 0.5) is 0 Å². The molecule has 1 amide bonds. The van der Waals surface area contributed by atoms with Crippen LogP contribution in [0.5, 0.6) is 11.5 Å². The molecule has 0 spiro atoms. The van der Waals surface area contributed by atoms with Crippen LogP contribution in [0.3, 0.4) is 0 Å². The molecular formula is C29H29N5O3. The summed E-state index contributed by atoms with van der Waals surface area (Å²) >= 11 is 0. The first-order chi connectivity index (χ1) is 18.0. The number of carbonyl (C=O) groups excluding carboxylic acids is 1. The number of benzene rings is 2. The number of rotatable bonds is 9. The van der Waals surface area contributed by atoms with Crippen LogP contribution in [0.1, 0.15) is 34.5 Å². The van der Waals surface area contributed by atoms with Gasteiger partial charge in [-0.3, -0.25) is 9.78 Å². The summed E-state index contributed by atoms with van der Waals surface area (Å²) in [5, 5.41) is 8.74. The third-order valence-electron chi connectivity index (χ3n) is 6.48. The number of aryl methyl sites for hydroxylation is 2. The molecule has 3 heterocycles. The monoisotopic (exact) mass is 495 g/mol. The molecule has 0 unspecified atom stereocenters. The molecule has 0 radical (unpaired) electrons. The van der Waals surface area contributed by atoms with E-state index in [-0.39, 0.29) is 5.91 Å². The number of amides is 1. The van der Waals surface area contributed by atoms with E-state index in [4.69, 9.17) is 19.6 Å². The Hall–Kier alpha value is -4.46. The highest BCUT2D eigenvalue weighted by Gasteiger charge is 2.15. The predicted molar refractivity (Wildman–Crippen MR) is 142 cm³/mol. The molecule has 37 heavy (non-hydrogen) atoms. The number of carbonyl (C=O) groups is 1. The normalized spacial score (nSPS) is 11.1. The van der Waals surface area contributed by atoms with Crippen LogP contribution in [0, 0.1) is 13.8 Å². The van der Waals surface area contributed by atoms with Gasteiger partial charge in [-0.05, 0) is 73.4 Å². The number of nitrogens with zero attached hydrogens (tertiary/aromatic N) is 4. The van der Waals surface area contributed by atoms with Gasteiger partial charge in [-0.25, -0.2) is 9.50 Å². The first kappa shape index (κ1) is 24.2. The van der Waals surface area contributed by atoms with E-state index in [1.54, 1.807) is 19.5 Å². The molecule has 0 saturated carbocycles. The third kappa shape index (κ3) is 5.23. The molecule has 0 bridgehead atoms. The maximum absolute atomic E-state index is 12.7. The number of ether oxygens (including phenoxy) is 2. The molecule has 0 atom stereocenters. The van der Waals surface area contributed by atoms with Crippen molar-refractivity contribution in [2.75, 3.05) is 7.11 Å². The van der Waals surface area contributed by atoms with Crippen molar-refractivity contribution >= 4 is 22.5 Å². The molecule has 2 aromatic carbocycles. The lowest BCUT2D eigenvalue weighted by molar-refractivity contribution is -0.121. The molecule has 0 saturated heterocycles. The van der Waals surface area contributed by atoms with Crippen LogP contribution >= 0.6 is 0 Å². The number of nitrogens with one attached hydrogen (secondary N) is 1. The number of hydrogen-bond acceptors (Lipinski definition) is 6. The fourth-order valence-corrected chi connectivity index (χ4v) is 4.45. The van der Waals surface area contributed by atoms with Crippen LogP contribution in [0.25, 0.3) is 16.6 Å². The van der Waals surface area contributed by atoms with E-state index >= 15 is 0 Å². The van der Waals surface area contributed by atoms with E-state index in [1.165, 1.54) is 0 Å². The Morgan fingerprint density at radius 3 is 2.62 bits per heavy atom. The van der Waals surface area contributed by atoms with E-state index in [2.05, 4.69) is 10.3 Å². The van der Waals surface area contributed by atoms with Crippen molar-refractivity contribution in [3.05, 3.63) is 95.1 Å². The van der Waals surface area contributed by atoms with Crippen molar-refractivity contribution in [1.29, 1.82) is 0 Å². The lowest BCUT2D eigenvalue weighted by Gasteiger charge is -2.13. The van der Waals surface area contributed by atoms with E-state index in [0.29, 0.717) is 37.5 Å². The summed E-state index contributed by atoms with van der Waals surface area (Å²) in [5.41, 5.74) is 6.70. The maximum atomic E-state index is 12.7. The molecule has 0 aliphatic carbocycles. The fourth-order valence-electron chi connectivity index (χ4n) is 4.45. The van der Waals surface area contributed by atoms with Crippen LogP contribution in [0.15, 0.2) is 67.0 Å². The summed E-state index contributed by atoms with van der Waals surface area (Å²) in [6, 6.07) is 17.5. The lowest BCUT2D eigenvalue weighted by atomic mass is 10.1. The summed E-state index contributed by atoms with van der Waals surface area (Å²) in [4.78, 5) is 21.5. The van der Waals surface area contributed by atoms with E-state index in [9.17, 15) is 4.79 Å². The number of methoxy groups -OCH3 is 1. The second-order valence-corrected chi connectivity index (χ2v) is 8.92. The van der Waals surface area contributed by atoms with Gasteiger partial charge < -0.3 is 14.8 Å². The highest BCUT2D eigenvalue weighted by atomic mass is 16.5. The maximum Gasteiger partial charge on any atom is 0.220 e. The minimum absolute atomic E-state index is 0.0264. The number of fused-ring (bicyclic) bond motifs is 3. The highest BCUT2D eigenvalue weighted by Crippen LogP contribution is 2.29. The molecule has 1 N–H and O–H groups in total. The third-order valence-corrected chi connectivity index (χ3v) is 6.48. The topological polar surface area (TPSA) is 90.6 Å². The Morgan fingerprint density at radius 2 is 1.81 bits per heavy atom. The van der Waals surface area contributed by atoms with Crippen LogP contribution in [-0.2, 0) is 24.4 Å². The minimum Gasteiger partial charge on any atom is -0.493 e.